The fourth-order valence-electron chi connectivity index (χ4n) is 2.69. The third-order valence-corrected chi connectivity index (χ3v) is 3.90. The van der Waals surface area contributed by atoms with Crippen molar-refractivity contribution in [2.24, 2.45) is 5.92 Å². The van der Waals surface area contributed by atoms with Crippen molar-refractivity contribution in [2.45, 2.75) is 19.9 Å². The normalized spacial score (nSPS) is 18.7. The highest BCUT2D eigenvalue weighted by molar-refractivity contribution is 5.76. The topological polar surface area (TPSA) is 73.1 Å². The molecule has 0 spiro atoms. The van der Waals surface area contributed by atoms with Gasteiger partial charge in [0.05, 0.1) is 30.9 Å². The number of imidazole rings is 1. The van der Waals surface area contributed by atoms with Gasteiger partial charge in [0.25, 0.3) is 0 Å². The third-order valence-electron chi connectivity index (χ3n) is 3.90. The molecule has 2 aromatic heterocycles. The number of carbonyl (C=O) groups excluding carboxylic acids is 1. The molecule has 1 fully saturated rings. The van der Waals surface area contributed by atoms with Gasteiger partial charge in [-0.1, -0.05) is 0 Å². The summed E-state index contributed by atoms with van der Waals surface area (Å²) in [5.74, 6) is 0.328. The lowest BCUT2D eigenvalue weighted by Gasteiger charge is -2.23. The highest BCUT2D eigenvalue weighted by atomic mass is 16.5. The zero-order chi connectivity index (χ0) is 16.1. The number of ether oxygens (including phenoxy) is 1. The summed E-state index contributed by atoms with van der Waals surface area (Å²) in [5, 5.41) is 0. The fraction of sp³-hybridized carbons (Fsp3) is 0.500. The predicted octanol–water partition coefficient (Wildman–Crippen LogP) is 0.699. The molecule has 0 N–H and O–H groups in total. The van der Waals surface area contributed by atoms with E-state index in [0.717, 1.165) is 17.8 Å². The lowest BCUT2D eigenvalue weighted by Crippen LogP contribution is -2.38. The minimum atomic E-state index is 0.0912. The predicted molar refractivity (Wildman–Crippen MR) is 83.6 cm³/mol. The van der Waals surface area contributed by atoms with Crippen molar-refractivity contribution in [3.8, 4) is 0 Å². The molecule has 1 amide bonds. The Morgan fingerprint density at radius 1 is 1.39 bits per heavy atom. The Bertz CT molecular complexity index is 626. The molecule has 122 valence electrons. The van der Waals surface area contributed by atoms with Crippen LogP contribution in [0, 0.1) is 12.8 Å². The summed E-state index contributed by atoms with van der Waals surface area (Å²) >= 11 is 0. The second-order valence-corrected chi connectivity index (χ2v) is 5.87. The Kier molecular flexibility index (Phi) is 4.97. The SMILES string of the molecule is Cc1cnc(CC2COCCN(C(=O)Cn3ccnc3)C2)cn1. The Hall–Kier alpha value is -2.28. The standard InChI is InChI=1S/C16H21N5O2/c1-13-7-19-15(8-18-13)6-14-9-21(4-5-23-11-14)16(22)10-20-3-2-17-12-20/h2-3,7-8,12,14H,4-6,9-11H2,1H3. The number of amides is 1. The van der Waals surface area contributed by atoms with Crippen molar-refractivity contribution in [1.82, 2.24) is 24.4 Å². The van der Waals surface area contributed by atoms with Crippen LogP contribution in [0.25, 0.3) is 0 Å². The van der Waals surface area contributed by atoms with Crippen LogP contribution in [-0.2, 0) is 22.5 Å². The first-order chi connectivity index (χ1) is 11.2. The van der Waals surface area contributed by atoms with Gasteiger partial charge in [0.1, 0.15) is 6.54 Å². The number of hydrogen-bond donors (Lipinski definition) is 0. The number of aryl methyl sites for hydroxylation is 1. The molecular formula is C16H21N5O2. The molecular weight excluding hydrogens is 294 g/mol. The van der Waals surface area contributed by atoms with Gasteiger partial charge in [-0.3, -0.25) is 14.8 Å². The second kappa shape index (κ2) is 7.32. The van der Waals surface area contributed by atoms with Gasteiger partial charge in [-0.15, -0.1) is 0 Å². The molecule has 1 unspecified atom stereocenters. The largest absolute Gasteiger partial charge is 0.379 e. The highest BCUT2D eigenvalue weighted by Gasteiger charge is 2.23. The van der Waals surface area contributed by atoms with Gasteiger partial charge in [-0.2, -0.15) is 0 Å². The van der Waals surface area contributed by atoms with Gasteiger partial charge in [-0.25, -0.2) is 4.98 Å². The van der Waals surface area contributed by atoms with Crippen molar-refractivity contribution in [1.29, 1.82) is 0 Å². The zero-order valence-corrected chi connectivity index (χ0v) is 13.3. The van der Waals surface area contributed by atoms with Gasteiger partial charge in [0.2, 0.25) is 5.91 Å². The van der Waals surface area contributed by atoms with Crippen molar-refractivity contribution in [2.75, 3.05) is 26.3 Å². The molecule has 7 nitrogen and oxygen atoms in total. The summed E-state index contributed by atoms with van der Waals surface area (Å²) in [5.41, 5.74) is 1.84. The van der Waals surface area contributed by atoms with E-state index in [4.69, 9.17) is 4.74 Å². The van der Waals surface area contributed by atoms with E-state index >= 15 is 0 Å². The van der Waals surface area contributed by atoms with Crippen LogP contribution in [0.2, 0.25) is 0 Å². The molecule has 3 heterocycles. The lowest BCUT2D eigenvalue weighted by atomic mass is 10.0. The van der Waals surface area contributed by atoms with E-state index in [-0.39, 0.29) is 11.8 Å². The van der Waals surface area contributed by atoms with Crippen molar-refractivity contribution in [3.05, 3.63) is 42.5 Å². The summed E-state index contributed by atoms with van der Waals surface area (Å²) in [6.45, 7) is 4.77. The van der Waals surface area contributed by atoms with Crippen LogP contribution < -0.4 is 0 Å². The molecule has 1 atom stereocenters. The third kappa shape index (κ3) is 4.35. The monoisotopic (exact) mass is 315 g/mol. The van der Waals surface area contributed by atoms with E-state index in [0.29, 0.717) is 32.8 Å². The molecule has 23 heavy (non-hydrogen) atoms. The number of aromatic nitrogens is 4. The van der Waals surface area contributed by atoms with Gasteiger partial charge in [-0.05, 0) is 13.3 Å². The van der Waals surface area contributed by atoms with E-state index in [1.54, 1.807) is 35.7 Å². The Morgan fingerprint density at radius 2 is 2.30 bits per heavy atom. The summed E-state index contributed by atoms with van der Waals surface area (Å²) in [6.07, 6.45) is 9.48. The van der Waals surface area contributed by atoms with Gasteiger partial charge in [0.15, 0.2) is 0 Å². The van der Waals surface area contributed by atoms with E-state index in [2.05, 4.69) is 15.0 Å². The van der Waals surface area contributed by atoms with E-state index < -0.39 is 0 Å². The van der Waals surface area contributed by atoms with Crippen LogP contribution in [-0.4, -0.2) is 56.6 Å². The van der Waals surface area contributed by atoms with Gasteiger partial charge >= 0.3 is 0 Å². The number of hydrogen-bond acceptors (Lipinski definition) is 5. The van der Waals surface area contributed by atoms with Gasteiger partial charge in [0, 0.05) is 43.8 Å². The number of carbonyl (C=O) groups is 1. The van der Waals surface area contributed by atoms with E-state index in [1.165, 1.54) is 0 Å². The summed E-state index contributed by atoms with van der Waals surface area (Å²) in [4.78, 5) is 27.0. The molecule has 7 heteroatoms. The van der Waals surface area contributed by atoms with Crippen LogP contribution in [0.3, 0.4) is 0 Å². The quantitative estimate of drug-likeness (QED) is 0.830. The van der Waals surface area contributed by atoms with E-state index in [1.807, 2.05) is 11.8 Å². The molecule has 0 saturated carbocycles. The molecule has 0 bridgehead atoms. The molecule has 3 rings (SSSR count). The Morgan fingerprint density at radius 3 is 3.04 bits per heavy atom. The molecule has 2 aromatic rings. The maximum atomic E-state index is 12.5. The minimum absolute atomic E-state index is 0.0912. The first-order valence-corrected chi connectivity index (χ1v) is 7.79. The van der Waals surface area contributed by atoms with Crippen LogP contribution in [0.1, 0.15) is 11.4 Å². The number of nitrogens with zero attached hydrogens (tertiary/aromatic N) is 5. The van der Waals surface area contributed by atoms with Crippen molar-refractivity contribution in [3.63, 3.8) is 0 Å². The molecule has 0 aromatic carbocycles. The number of rotatable bonds is 4. The summed E-state index contributed by atoms with van der Waals surface area (Å²) < 4.78 is 7.44. The van der Waals surface area contributed by atoms with Crippen molar-refractivity contribution >= 4 is 5.91 Å². The highest BCUT2D eigenvalue weighted by Crippen LogP contribution is 2.13. The molecule has 1 saturated heterocycles. The molecule has 0 radical (unpaired) electrons. The minimum Gasteiger partial charge on any atom is -0.379 e. The summed E-state index contributed by atoms with van der Waals surface area (Å²) in [7, 11) is 0. The Balaban J connectivity index is 1.61. The maximum Gasteiger partial charge on any atom is 0.242 e. The molecule has 1 aliphatic heterocycles. The van der Waals surface area contributed by atoms with Crippen molar-refractivity contribution < 1.29 is 9.53 Å². The first-order valence-electron chi connectivity index (χ1n) is 7.79. The average molecular weight is 315 g/mol. The maximum absolute atomic E-state index is 12.5. The summed E-state index contributed by atoms with van der Waals surface area (Å²) in [6, 6.07) is 0. The smallest absolute Gasteiger partial charge is 0.242 e. The van der Waals surface area contributed by atoms with Crippen LogP contribution >= 0.6 is 0 Å². The van der Waals surface area contributed by atoms with E-state index in [9.17, 15) is 4.79 Å². The van der Waals surface area contributed by atoms with Crippen LogP contribution in [0.5, 0.6) is 0 Å². The Labute approximate surface area is 135 Å². The molecule has 1 aliphatic rings. The van der Waals surface area contributed by atoms with Crippen LogP contribution in [0.15, 0.2) is 31.1 Å². The zero-order valence-electron chi connectivity index (χ0n) is 13.3. The fourth-order valence-corrected chi connectivity index (χ4v) is 2.69. The lowest BCUT2D eigenvalue weighted by molar-refractivity contribution is -0.132. The second-order valence-electron chi connectivity index (χ2n) is 5.87. The average Bonchev–Trinajstić information content (AvgIpc) is 2.94. The molecule has 0 aliphatic carbocycles. The van der Waals surface area contributed by atoms with Gasteiger partial charge < -0.3 is 14.2 Å². The first kappa shape index (κ1) is 15.6. The van der Waals surface area contributed by atoms with Crippen LogP contribution in [0.4, 0.5) is 0 Å².